The Labute approximate surface area is 344 Å². The van der Waals surface area contributed by atoms with Crippen molar-refractivity contribution in [2.24, 2.45) is 0 Å². The van der Waals surface area contributed by atoms with Gasteiger partial charge in [0.15, 0.2) is 0 Å². The summed E-state index contributed by atoms with van der Waals surface area (Å²) >= 11 is 1.86. The average Bonchev–Trinajstić information content (AvgIpc) is 3.81. The van der Waals surface area contributed by atoms with E-state index >= 15 is 0 Å². The molecule has 0 bridgehead atoms. The highest BCUT2D eigenvalue weighted by Gasteiger charge is 2.46. The minimum Gasteiger partial charge on any atom is -0.310 e. The molecule has 1 unspecified atom stereocenters. The van der Waals surface area contributed by atoms with Crippen LogP contribution in [0.15, 0.2) is 231 Å². The number of nitrogens with zero attached hydrogens (tertiary/aromatic N) is 1. The summed E-state index contributed by atoms with van der Waals surface area (Å²) in [5, 5.41) is 2.63. The Morgan fingerprint density at radius 2 is 1.14 bits per heavy atom. The highest BCUT2D eigenvalue weighted by atomic mass is 32.1. The third-order valence-corrected chi connectivity index (χ3v) is 12.9. The van der Waals surface area contributed by atoms with Gasteiger partial charge in [0, 0.05) is 37.1 Å². The van der Waals surface area contributed by atoms with Crippen LogP contribution in [0.25, 0.3) is 53.6 Å². The lowest BCUT2D eigenvalue weighted by Gasteiger charge is -2.35. The summed E-state index contributed by atoms with van der Waals surface area (Å²) < 4.78 is 2.64. The summed E-state index contributed by atoms with van der Waals surface area (Å²) in [6.07, 6.45) is 8.21. The maximum absolute atomic E-state index is 3.94. The topological polar surface area (TPSA) is 3.24 Å². The van der Waals surface area contributed by atoms with Crippen LogP contribution in [-0.2, 0) is 5.41 Å². The molecule has 0 radical (unpaired) electrons. The van der Waals surface area contributed by atoms with Crippen molar-refractivity contribution >= 4 is 48.6 Å². The molecule has 1 atom stereocenters. The van der Waals surface area contributed by atoms with Gasteiger partial charge < -0.3 is 4.90 Å². The molecule has 0 amide bonds. The van der Waals surface area contributed by atoms with Crippen molar-refractivity contribution in [2.45, 2.75) is 12.3 Å². The number of allylic oxidation sites excluding steroid dienone is 5. The summed E-state index contributed by atoms with van der Waals surface area (Å²) in [5.41, 5.74) is 15.2. The predicted molar refractivity (Wildman–Crippen MR) is 250 cm³/mol. The fourth-order valence-electron chi connectivity index (χ4n) is 9.13. The first kappa shape index (κ1) is 35.4. The molecule has 2 heteroatoms. The first-order chi connectivity index (χ1) is 28.6. The number of para-hydroxylation sites is 1. The highest BCUT2D eigenvalue weighted by molar-refractivity contribution is 7.25. The van der Waals surface area contributed by atoms with E-state index in [0.717, 1.165) is 17.1 Å². The summed E-state index contributed by atoms with van der Waals surface area (Å²) in [6, 6.07) is 71.3. The van der Waals surface area contributed by atoms with E-state index in [9.17, 15) is 0 Å². The minimum atomic E-state index is -0.506. The van der Waals surface area contributed by atoms with Crippen molar-refractivity contribution < 1.29 is 0 Å². The number of hydrogen-bond acceptors (Lipinski definition) is 2. The van der Waals surface area contributed by atoms with Crippen LogP contribution in [0.4, 0.5) is 17.1 Å². The predicted octanol–water partition coefficient (Wildman–Crippen LogP) is 15.9. The molecule has 1 aliphatic carbocycles. The van der Waals surface area contributed by atoms with Gasteiger partial charge in [0.25, 0.3) is 0 Å². The first-order valence-electron chi connectivity index (χ1n) is 19.9. The molecule has 1 aliphatic rings. The van der Waals surface area contributed by atoms with E-state index in [1.807, 2.05) is 23.5 Å². The van der Waals surface area contributed by atoms with Crippen molar-refractivity contribution in [1.82, 2.24) is 0 Å². The van der Waals surface area contributed by atoms with Crippen LogP contribution in [0.3, 0.4) is 0 Å². The summed E-state index contributed by atoms with van der Waals surface area (Å²) in [5.74, 6) is 0. The smallest absolute Gasteiger partial charge is 0.0674 e. The second-order valence-corrected chi connectivity index (χ2v) is 16.0. The third kappa shape index (κ3) is 5.84. The van der Waals surface area contributed by atoms with Gasteiger partial charge in [-0.1, -0.05) is 182 Å². The summed E-state index contributed by atoms with van der Waals surface area (Å²) in [7, 11) is 0. The quantitative estimate of drug-likeness (QED) is 0.133. The lowest BCUT2D eigenvalue weighted by atomic mass is 9.67. The van der Waals surface area contributed by atoms with Crippen LogP contribution >= 0.6 is 11.3 Å². The normalized spacial score (nSPS) is 14.8. The zero-order valence-electron chi connectivity index (χ0n) is 32.3. The molecule has 58 heavy (non-hydrogen) atoms. The van der Waals surface area contributed by atoms with E-state index < -0.39 is 5.41 Å². The number of rotatable bonds is 9. The van der Waals surface area contributed by atoms with Crippen LogP contribution in [0.1, 0.15) is 23.6 Å². The van der Waals surface area contributed by atoms with Crippen molar-refractivity contribution in [1.29, 1.82) is 0 Å². The Bertz CT molecular complexity index is 3020. The summed E-state index contributed by atoms with van der Waals surface area (Å²) in [6.45, 7) is 6.22. The number of fused-ring (bicyclic) bond motifs is 6. The Balaban J connectivity index is 1.18. The second kappa shape index (κ2) is 14.8. The average molecular weight is 760 g/mol. The van der Waals surface area contributed by atoms with E-state index in [1.165, 1.54) is 75.8 Å². The lowest BCUT2D eigenvalue weighted by Crippen LogP contribution is -2.28. The number of hydrogen-bond donors (Lipinski definition) is 0. The fourth-order valence-corrected chi connectivity index (χ4v) is 10.2. The van der Waals surface area contributed by atoms with Gasteiger partial charge in [-0.3, -0.25) is 0 Å². The standard InChI is InChI=1S/C56H41NS/c1-3-4-7-18-39(2)56(43-21-10-6-11-22-43)51-26-15-12-24-47(51)48-35-34-45(38-52(48)56)57(53-27-16-13-23-46(53)41-19-8-5-9-20-41)44-32-29-40(30-33-44)42-31-36-55-50(37-42)49-25-14-17-28-54(49)58-55/h3-38H,1H2,2H3/b7-4-,39-18+. The van der Waals surface area contributed by atoms with Gasteiger partial charge in [0.1, 0.15) is 0 Å². The molecule has 8 aromatic carbocycles. The Morgan fingerprint density at radius 3 is 1.95 bits per heavy atom. The van der Waals surface area contributed by atoms with Crippen LogP contribution < -0.4 is 4.90 Å². The van der Waals surface area contributed by atoms with E-state index in [1.54, 1.807) is 0 Å². The van der Waals surface area contributed by atoms with Crippen LogP contribution in [0, 0.1) is 0 Å². The van der Waals surface area contributed by atoms with E-state index in [4.69, 9.17) is 0 Å². The van der Waals surface area contributed by atoms with E-state index in [-0.39, 0.29) is 0 Å². The molecule has 9 aromatic rings. The van der Waals surface area contributed by atoms with Gasteiger partial charge in [-0.2, -0.15) is 0 Å². The zero-order chi connectivity index (χ0) is 39.1. The molecule has 0 saturated carbocycles. The van der Waals surface area contributed by atoms with Gasteiger partial charge >= 0.3 is 0 Å². The molecule has 0 fully saturated rings. The van der Waals surface area contributed by atoms with Crippen molar-refractivity contribution in [3.8, 4) is 33.4 Å². The van der Waals surface area contributed by atoms with Crippen LogP contribution in [0.5, 0.6) is 0 Å². The Morgan fingerprint density at radius 1 is 0.500 bits per heavy atom. The maximum Gasteiger partial charge on any atom is 0.0674 e. The van der Waals surface area contributed by atoms with Crippen LogP contribution in [-0.4, -0.2) is 0 Å². The van der Waals surface area contributed by atoms with Crippen molar-refractivity contribution in [3.05, 3.63) is 247 Å². The van der Waals surface area contributed by atoms with Gasteiger partial charge in [-0.05, 0) is 100.0 Å². The summed E-state index contributed by atoms with van der Waals surface area (Å²) in [4.78, 5) is 2.44. The molecule has 10 rings (SSSR count). The second-order valence-electron chi connectivity index (χ2n) is 14.9. The molecule has 0 N–H and O–H groups in total. The molecule has 1 aromatic heterocycles. The maximum atomic E-state index is 3.94. The van der Waals surface area contributed by atoms with Gasteiger partial charge in [0.05, 0.1) is 11.1 Å². The van der Waals surface area contributed by atoms with Gasteiger partial charge in [0.2, 0.25) is 0 Å². The van der Waals surface area contributed by atoms with Crippen molar-refractivity contribution in [2.75, 3.05) is 4.90 Å². The largest absolute Gasteiger partial charge is 0.310 e. The monoisotopic (exact) mass is 759 g/mol. The molecule has 1 heterocycles. The van der Waals surface area contributed by atoms with E-state index in [0.29, 0.717) is 0 Å². The molecule has 0 spiro atoms. The Hall–Kier alpha value is -7.00. The highest BCUT2D eigenvalue weighted by Crippen LogP contribution is 2.57. The van der Waals surface area contributed by atoms with Gasteiger partial charge in [-0.25, -0.2) is 0 Å². The SMILES string of the molecule is C=C/C=C\C=C(/C)C1(c2ccccc2)c2ccccc2-c2ccc(N(c3ccc(-c4ccc5sc6ccccc6c5c4)cc3)c3ccccc3-c3ccccc3)cc21. The molecular weight excluding hydrogens is 719 g/mol. The molecule has 0 saturated heterocycles. The van der Waals surface area contributed by atoms with Crippen LogP contribution in [0.2, 0.25) is 0 Å². The van der Waals surface area contributed by atoms with Crippen molar-refractivity contribution in [3.63, 3.8) is 0 Å². The number of thiophene rings is 1. The zero-order valence-corrected chi connectivity index (χ0v) is 33.2. The molecular formula is C56H41NS. The van der Waals surface area contributed by atoms with E-state index in [2.05, 4.69) is 225 Å². The molecule has 1 nitrogen and oxygen atoms in total. The lowest BCUT2D eigenvalue weighted by molar-refractivity contribution is 0.746. The number of benzene rings is 8. The van der Waals surface area contributed by atoms with Gasteiger partial charge in [-0.15, -0.1) is 11.3 Å². The third-order valence-electron chi connectivity index (χ3n) is 11.7. The molecule has 276 valence electrons. The first-order valence-corrected chi connectivity index (χ1v) is 20.7. The number of anilines is 3. The molecule has 0 aliphatic heterocycles. The minimum absolute atomic E-state index is 0.506. The fraction of sp³-hybridized carbons (Fsp3) is 0.0357. The Kier molecular flexibility index (Phi) is 9.05.